The molecule has 0 aliphatic carbocycles. The van der Waals surface area contributed by atoms with Crippen molar-refractivity contribution in [3.8, 4) is 17.1 Å². The van der Waals surface area contributed by atoms with Crippen molar-refractivity contribution < 1.29 is 4.74 Å². The Labute approximate surface area is 185 Å². The SMILES string of the molecule is COc1nc(N2CC3CCC(C2)N3)c2ncc(-c3cccc4cccc(Cl)c34)cc2n1. The van der Waals surface area contributed by atoms with E-state index in [2.05, 4.69) is 44.5 Å². The molecule has 0 spiro atoms. The molecule has 2 aliphatic heterocycles. The van der Waals surface area contributed by atoms with Crippen LogP contribution in [0.4, 0.5) is 5.82 Å². The molecule has 6 nitrogen and oxygen atoms in total. The van der Waals surface area contributed by atoms with Gasteiger partial charge in [0.1, 0.15) is 5.52 Å². The topological polar surface area (TPSA) is 63.2 Å². The van der Waals surface area contributed by atoms with Crippen molar-refractivity contribution >= 4 is 39.2 Å². The van der Waals surface area contributed by atoms with Gasteiger partial charge in [-0.2, -0.15) is 9.97 Å². The molecule has 2 unspecified atom stereocenters. The predicted octanol–water partition coefficient (Wildman–Crippen LogP) is 4.45. The molecule has 0 saturated carbocycles. The van der Waals surface area contributed by atoms with Crippen LogP contribution in [0.3, 0.4) is 0 Å². The fourth-order valence-electron chi connectivity index (χ4n) is 4.95. The first-order valence-electron chi connectivity index (χ1n) is 10.6. The van der Waals surface area contributed by atoms with Crippen LogP contribution >= 0.6 is 11.6 Å². The van der Waals surface area contributed by atoms with Crippen molar-refractivity contribution in [1.82, 2.24) is 20.3 Å². The maximum Gasteiger partial charge on any atom is 0.318 e. The summed E-state index contributed by atoms with van der Waals surface area (Å²) in [6, 6.07) is 15.6. The van der Waals surface area contributed by atoms with E-state index < -0.39 is 0 Å². The van der Waals surface area contributed by atoms with Crippen LogP contribution in [-0.4, -0.2) is 47.2 Å². The van der Waals surface area contributed by atoms with Gasteiger partial charge in [0.25, 0.3) is 0 Å². The summed E-state index contributed by atoms with van der Waals surface area (Å²) in [6.45, 7) is 1.85. The van der Waals surface area contributed by atoms with Crippen LogP contribution in [0.25, 0.3) is 32.9 Å². The zero-order valence-electron chi connectivity index (χ0n) is 17.2. The molecule has 4 heterocycles. The van der Waals surface area contributed by atoms with E-state index in [9.17, 15) is 0 Å². The molecule has 2 aromatic carbocycles. The number of anilines is 1. The van der Waals surface area contributed by atoms with E-state index >= 15 is 0 Å². The van der Waals surface area contributed by atoms with E-state index in [1.807, 2.05) is 24.4 Å². The molecule has 6 rings (SSSR count). The summed E-state index contributed by atoms with van der Waals surface area (Å²) < 4.78 is 5.44. The van der Waals surface area contributed by atoms with E-state index in [4.69, 9.17) is 21.3 Å². The monoisotopic (exact) mass is 431 g/mol. The average Bonchev–Trinajstić information content (AvgIpc) is 3.15. The third-order valence-corrected chi connectivity index (χ3v) is 6.68. The Morgan fingerprint density at radius 2 is 1.84 bits per heavy atom. The van der Waals surface area contributed by atoms with E-state index in [-0.39, 0.29) is 0 Å². The summed E-state index contributed by atoms with van der Waals surface area (Å²) in [5.41, 5.74) is 3.58. The molecule has 0 amide bonds. The second-order valence-corrected chi connectivity index (χ2v) is 8.72. The van der Waals surface area contributed by atoms with Crippen molar-refractivity contribution in [3.05, 3.63) is 53.7 Å². The van der Waals surface area contributed by atoms with Crippen molar-refractivity contribution in [1.29, 1.82) is 0 Å². The maximum atomic E-state index is 6.56. The Morgan fingerprint density at radius 3 is 2.61 bits per heavy atom. The van der Waals surface area contributed by atoms with Gasteiger partial charge in [0.2, 0.25) is 0 Å². The molecule has 2 bridgehead atoms. The summed E-state index contributed by atoms with van der Waals surface area (Å²) >= 11 is 6.56. The number of nitrogens with one attached hydrogen (secondary N) is 1. The third kappa shape index (κ3) is 3.18. The number of halogens is 1. The van der Waals surface area contributed by atoms with E-state index in [0.29, 0.717) is 18.1 Å². The summed E-state index contributed by atoms with van der Waals surface area (Å²) in [4.78, 5) is 16.5. The predicted molar refractivity (Wildman–Crippen MR) is 124 cm³/mol. The van der Waals surface area contributed by atoms with Gasteiger partial charge in [-0.05, 0) is 35.9 Å². The highest BCUT2D eigenvalue weighted by molar-refractivity contribution is 6.36. The van der Waals surface area contributed by atoms with Gasteiger partial charge in [-0.1, -0.05) is 41.9 Å². The van der Waals surface area contributed by atoms with Gasteiger partial charge < -0.3 is 15.0 Å². The number of methoxy groups -OCH3 is 1. The van der Waals surface area contributed by atoms with Gasteiger partial charge in [-0.15, -0.1) is 0 Å². The molecule has 2 aromatic heterocycles. The van der Waals surface area contributed by atoms with Crippen LogP contribution in [-0.2, 0) is 0 Å². The molecule has 2 aliphatic rings. The first-order valence-corrected chi connectivity index (χ1v) is 11.0. The van der Waals surface area contributed by atoms with E-state index in [0.717, 1.165) is 56.9 Å². The molecular formula is C24H22ClN5O. The van der Waals surface area contributed by atoms with Gasteiger partial charge in [-0.25, -0.2) is 0 Å². The van der Waals surface area contributed by atoms with Gasteiger partial charge in [0, 0.05) is 47.3 Å². The third-order valence-electron chi connectivity index (χ3n) is 6.36. The number of hydrogen-bond acceptors (Lipinski definition) is 6. The summed E-state index contributed by atoms with van der Waals surface area (Å²) in [5, 5.41) is 6.52. The maximum absolute atomic E-state index is 6.56. The minimum atomic E-state index is 0.364. The van der Waals surface area contributed by atoms with Crippen LogP contribution in [0, 0.1) is 0 Å². The highest BCUT2D eigenvalue weighted by Gasteiger charge is 2.34. The molecule has 4 aromatic rings. The summed E-state index contributed by atoms with van der Waals surface area (Å²) in [6.07, 6.45) is 4.32. The normalized spacial score (nSPS) is 20.5. The number of piperazine rings is 1. The number of benzene rings is 2. The minimum absolute atomic E-state index is 0.364. The Hall–Kier alpha value is -2.96. The first kappa shape index (κ1) is 18.8. The molecule has 2 fully saturated rings. The second kappa shape index (κ2) is 7.32. The number of ether oxygens (including phenoxy) is 1. The van der Waals surface area contributed by atoms with Crippen molar-refractivity contribution in [2.24, 2.45) is 0 Å². The molecule has 1 N–H and O–H groups in total. The molecule has 2 saturated heterocycles. The molecule has 156 valence electrons. The number of rotatable bonds is 3. The highest BCUT2D eigenvalue weighted by Crippen LogP contribution is 2.36. The Bertz CT molecular complexity index is 1290. The number of aromatic nitrogens is 3. The van der Waals surface area contributed by atoms with Crippen molar-refractivity contribution in [2.75, 3.05) is 25.1 Å². The summed E-state index contributed by atoms with van der Waals surface area (Å²) in [7, 11) is 1.61. The lowest BCUT2D eigenvalue weighted by Crippen LogP contribution is -2.51. The van der Waals surface area contributed by atoms with Gasteiger partial charge in [0.05, 0.1) is 12.6 Å². The fraction of sp³-hybridized carbons (Fsp3) is 0.292. The van der Waals surface area contributed by atoms with Gasteiger partial charge in [0.15, 0.2) is 5.82 Å². The average molecular weight is 432 g/mol. The molecular weight excluding hydrogens is 410 g/mol. The Balaban J connectivity index is 1.51. The zero-order chi connectivity index (χ0) is 20.9. The standard InChI is InChI=1S/C24H22ClN5O/c1-31-24-28-20-10-15(18-6-2-4-14-5-3-7-19(25)21(14)18)11-26-22(20)23(29-24)30-12-16-8-9-17(13-30)27-16/h2-7,10-11,16-17,27H,8-9,12-13H2,1H3. The van der Waals surface area contributed by atoms with Crippen LogP contribution in [0.5, 0.6) is 6.01 Å². The van der Waals surface area contributed by atoms with Crippen molar-refractivity contribution in [3.63, 3.8) is 0 Å². The largest absolute Gasteiger partial charge is 0.467 e. The van der Waals surface area contributed by atoms with E-state index in [1.54, 1.807) is 7.11 Å². The number of hydrogen-bond donors (Lipinski definition) is 1. The van der Waals surface area contributed by atoms with Crippen LogP contribution in [0.1, 0.15) is 12.8 Å². The smallest absolute Gasteiger partial charge is 0.318 e. The first-order chi connectivity index (χ1) is 15.2. The molecule has 7 heteroatoms. The fourth-order valence-corrected chi connectivity index (χ4v) is 5.23. The van der Waals surface area contributed by atoms with Crippen LogP contribution in [0.15, 0.2) is 48.7 Å². The second-order valence-electron chi connectivity index (χ2n) is 8.31. The number of pyridine rings is 1. The minimum Gasteiger partial charge on any atom is -0.467 e. The van der Waals surface area contributed by atoms with Crippen LogP contribution < -0.4 is 15.0 Å². The molecule has 0 radical (unpaired) electrons. The Morgan fingerprint density at radius 1 is 1.06 bits per heavy atom. The zero-order valence-corrected chi connectivity index (χ0v) is 17.9. The van der Waals surface area contributed by atoms with Gasteiger partial charge >= 0.3 is 6.01 Å². The molecule has 31 heavy (non-hydrogen) atoms. The lowest BCUT2D eigenvalue weighted by Gasteiger charge is -2.34. The van der Waals surface area contributed by atoms with Crippen molar-refractivity contribution in [2.45, 2.75) is 24.9 Å². The van der Waals surface area contributed by atoms with Gasteiger partial charge in [-0.3, -0.25) is 4.98 Å². The molecule has 2 atom stereocenters. The lowest BCUT2D eigenvalue weighted by atomic mass is 9.99. The Kier molecular flexibility index (Phi) is 4.44. The highest BCUT2D eigenvalue weighted by atomic mass is 35.5. The number of nitrogens with zero attached hydrogens (tertiary/aromatic N) is 4. The quantitative estimate of drug-likeness (QED) is 0.517. The van der Waals surface area contributed by atoms with Crippen LogP contribution in [0.2, 0.25) is 5.02 Å². The number of fused-ring (bicyclic) bond motifs is 4. The van der Waals surface area contributed by atoms with E-state index in [1.165, 1.54) is 12.8 Å². The lowest BCUT2D eigenvalue weighted by molar-refractivity contribution is 0.380. The summed E-state index contributed by atoms with van der Waals surface area (Å²) in [5.74, 6) is 0.850.